The van der Waals surface area contributed by atoms with Crippen LogP contribution >= 0.6 is 0 Å². The Bertz CT molecular complexity index is 418. The summed E-state index contributed by atoms with van der Waals surface area (Å²) in [5, 5.41) is 12.2. The zero-order valence-corrected chi connectivity index (χ0v) is 13.9. The van der Waals surface area contributed by atoms with Crippen LogP contribution < -0.4 is 11.1 Å². The highest BCUT2D eigenvalue weighted by molar-refractivity contribution is 6.05. The number of carbonyl (C=O) groups is 1. The summed E-state index contributed by atoms with van der Waals surface area (Å²) in [6, 6.07) is 4.98. The van der Waals surface area contributed by atoms with Crippen molar-refractivity contribution in [1.82, 2.24) is 5.32 Å². The van der Waals surface area contributed by atoms with Crippen LogP contribution in [0.15, 0.2) is 18.2 Å². The Morgan fingerprint density at radius 3 is 2.33 bits per heavy atom. The SMILES string of the molecule is CC.CC(C)(C)OC(=O)NCc1cccc(N)c1O.[B]C. The van der Waals surface area contributed by atoms with Gasteiger partial charge in [0.1, 0.15) is 11.4 Å². The number of ether oxygens (including phenoxy) is 1. The van der Waals surface area contributed by atoms with Gasteiger partial charge in [-0.2, -0.15) is 0 Å². The lowest BCUT2D eigenvalue weighted by Crippen LogP contribution is -2.32. The summed E-state index contributed by atoms with van der Waals surface area (Å²) in [5.41, 5.74) is 5.83. The molecule has 1 amide bonds. The van der Waals surface area contributed by atoms with Gasteiger partial charge in [0, 0.05) is 12.1 Å². The molecule has 21 heavy (non-hydrogen) atoms. The zero-order chi connectivity index (χ0) is 17.1. The quantitative estimate of drug-likeness (QED) is 0.444. The number of phenolic OH excluding ortho intramolecular Hbond substituents is 1. The fraction of sp³-hybridized carbons (Fsp3) is 0.533. The van der Waals surface area contributed by atoms with Crippen molar-refractivity contribution >= 4 is 19.6 Å². The van der Waals surface area contributed by atoms with Crippen molar-refractivity contribution in [3.8, 4) is 5.75 Å². The van der Waals surface area contributed by atoms with Crippen molar-refractivity contribution in [1.29, 1.82) is 0 Å². The molecule has 0 atom stereocenters. The van der Waals surface area contributed by atoms with E-state index in [0.717, 1.165) is 0 Å². The van der Waals surface area contributed by atoms with Gasteiger partial charge in [-0.05, 0) is 26.8 Å². The maximum absolute atomic E-state index is 11.4. The number of nitrogens with two attached hydrogens (primary N) is 1. The molecule has 0 fully saturated rings. The van der Waals surface area contributed by atoms with Crippen LogP contribution in [0.3, 0.4) is 0 Å². The molecule has 0 aromatic heterocycles. The summed E-state index contributed by atoms with van der Waals surface area (Å²) in [7, 11) is 4.50. The molecule has 0 aliphatic rings. The smallest absolute Gasteiger partial charge is 0.407 e. The lowest BCUT2D eigenvalue weighted by Gasteiger charge is -2.19. The predicted molar refractivity (Wildman–Crippen MR) is 88.6 cm³/mol. The Morgan fingerprint density at radius 1 is 1.33 bits per heavy atom. The number of rotatable bonds is 2. The summed E-state index contributed by atoms with van der Waals surface area (Å²) < 4.78 is 5.07. The minimum atomic E-state index is -0.540. The number of nitrogen functional groups attached to an aromatic ring is 1. The van der Waals surface area contributed by atoms with Gasteiger partial charge in [0.25, 0.3) is 0 Å². The van der Waals surface area contributed by atoms with Gasteiger partial charge >= 0.3 is 6.09 Å². The molecule has 6 heteroatoms. The standard InChI is InChI=1S/C12H18N2O3.C2H6.CH3B/c1-12(2,3)17-11(16)14-7-8-5-4-6-9(13)10(8)15;2*1-2/h4-6,15H,7,13H2,1-3H3,(H,14,16);1-2H3;1H3. The number of carbonyl (C=O) groups excluding carboxylic acids is 1. The van der Waals surface area contributed by atoms with E-state index in [-0.39, 0.29) is 18.0 Å². The Kier molecular flexibility index (Phi) is 11.1. The summed E-state index contributed by atoms with van der Waals surface area (Å²) in [6.07, 6.45) is -0.528. The van der Waals surface area contributed by atoms with E-state index in [9.17, 15) is 9.90 Å². The Morgan fingerprint density at radius 2 is 1.86 bits per heavy atom. The average molecular weight is 294 g/mol. The maximum atomic E-state index is 11.4. The Hall–Kier alpha value is -1.85. The van der Waals surface area contributed by atoms with Crippen LogP contribution in [0.4, 0.5) is 10.5 Å². The highest BCUT2D eigenvalue weighted by Gasteiger charge is 2.16. The van der Waals surface area contributed by atoms with Gasteiger partial charge in [-0.25, -0.2) is 4.79 Å². The lowest BCUT2D eigenvalue weighted by molar-refractivity contribution is 0.0523. The van der Waals surface area contributed by atoms with E-state index in [2.05, 4.69) is 13.2 Å². The van der Waals surface area contributed by atoms with Crippen LogP contribution in [0.1, 0.15) is 40.2 Å². The maximum Gasteiger partial charge on any atom is 0.407 e. The predicted octanol–water partition coefficient (Wildman–Crippen LogP) is 3.23. The van der Waals surface area contributed by atoms with Crippen LogP contribution in [0.2, 0.25) is 6.82 Å². The normalized spacial score (nSPS) is 9.43. The number of anilines is 1. The molecule has 5 nitrogen and oxygen atoms in total. The summed E-state index contributed by atoms with van der Waals surface area (Å²) in [6.45, 7) is 11.0. The fourth-order valence-electron chi connectivity index (χ4n) is 1.24. The summed E-state index contributed by atoms with van der Waals surface area (Å²) in [5.74, 6) is -0.0106. The van der Waals surface area contributed by atoms with Crippen LogP contribution in [0.25, 0.3) is 0 Å². The molecule has 1 aromatic carbocycles. The average Bonchev–Trinajstić information content (AvgIpc) is 2.43. The van der Waals surface area contributed by atoms with Gasteiger partial charge in [0.15, 0.2) is 0 Å². The zero-order valence-electron chi connectivity index (χ0n) is 13.9. The number of amides is 1. The van der Waals surface area contributed by atoms with Crippen molar-refractivity contribution in [2.24, 2.45) is 0 Å². The van der Waals surface area contributed by atoms with Crippen LogP contribution in [0.5, 0.6) is 5.75 Å². The molecule has 0 saturated carbocycles. The molecule has 4 N–H and O–H groups in total. The minimum Gasteiger partial charge on any atom is -0.505 e. The van der Waals surface area contributed by atoms with Crippen molar-refractivity contribution in [3.63, 3.8) is 0 Å². The number of hydrogen-bond acceptors (Lipinski definition) is 4. The van der Waals surface area contributed by atoms with Gasteiger partial charge in [0.2, 0.25) is 0 Å². The minimum absolute atomic E-state index is 0.0106. The van der Waals surface area contributed by atoms with E-state index in [0.29, 0.717) is 5.56 Å². The van der Waals surface area contributed by atoms with Gasteiger partial charge in [-0.1, -0.05) is 32.8 Å². The molecule has 0 unspecified atom stereocenters. The number of hydrogen-bond donors (Lipinski definition) is 3. The molecule has 0 saturated heterocycles. The van der Waals surface area contributed by atoms with Crippen molar-refractivity contribution in [2.75, 3.05) is 5.73 Å². The molecule has 0 spiro atoms. The third-order valence-electron chi connectivity index (χ3n) is 1.97. The van der Waals surface area contributed by atoms with Crippen molar-refractivity contribution in [2.45, 2.75) is 53.6 Å². The Balaban J connectivity index is 0. The molecule has 0 aliphatic carbocycles. The fourth-order valence-corrected chi connectivity index (χ4v) is 1.24. The molecular weight excluding hydrogens is 267 g/mol. The highest BCUT2D eigenvalue weighted by atomic mass is 16.6. The first-order chi connectivity index (χ1) is 9.79. The number of para-hydroxylation sites is 1. The molecule has 118 valence electrons. The second-order valence-electron chi connectivity index (χ2n) is 4.71. The number of aromatic hydroxyl groups is 1. The first-order valence-electron chi connectivity index (χ1n) is 6.90. The summed E-state index contributed by atoms with van der Waals surface area (Å²) >= 11 is 0. The van der Waals surface area contributed by atoms with Crippen LogP contribution in [-0.2, 0) is 11.3 Å². The Labute approximate surface area is 129 Å². The second-order valence-corrected chi connectivity index (χ2v) is 4.71. The van der Waals surface area contributed by atoms with Gasteiger partial charge in [-0.3, -0.25) is 0 Å². The highest BCUT2D eigenvalue weighted by Crippen LogP contribution is 2.24. The molecule has 2 radical (unpaired) electrons. The van der Waals surface area contributed by atoms with Gasteiger partial charge < -0.3 is 20.9 Å². The second kappa shape index (κ2) is 10.9. The summed E-state index contributed by atoms with van der Waals surface area (Å²) in [4.78, 5) is 11.4. The first kappa shape index (κ1) is 21.5. The van der Waals surface area contributed by atoms with Gasteiger partial charge in [-0.15, -0.1) is 0 Å². The topological polar surface area (TPSA) is 84.6 Å². The van der Waals surface area contributed by atoms with E-state index < -0.39 is 11.7 Å². The number of alkyl carbamates (subject to hydrolysis) is 1. The van der Waals surface area contributed by atoms with E-state index in [1.54, 1.807) is 39.0 Å². The van der Waals surface area contributed by atoms with E-state index in [1.165, 1.54) is 6.82 Å². The van der Waals surface area contributed by atoms with Crippen LogP contribution in [0, 0.1) is 0 Å². The van der Waals surface area contributed by atoms with E-state index in [1.807, 2.05) is 13.8 Å². The first-order valence-corrected chi connectivity index (χ1v) is 6.90. The number of phenols is 1. The molecular formula is C15H27BN2O3. The molecule has 0 aliphatic heterocycles. The van der Waals surface area contributed by atoms with Crippen LogP contribution in [-0.4, -0.2) is 24.6 Å². The molecule has 1 aromatic rings. The number of nitrogens with one attached hydrogen (secondary N) is 1. The van der Waals surface area contributed by atoms with Gasteiger partial charge in [0.05, 0.1) is 13.5 Å². The van der Waals surface area contributed by atoms with Crippen molar-refractivity contribution in [3.05, 3.63) is 23.8 Å². The van der Waals surface area contributed by atoms with E-state index in [4.69, 9.17) is 10.5 Å². The third-order valence-corrected chi connectivity index (χ3v) is 1.97. The largest absolute Gasteiger partial charge is 0.505 e. The molecule has 0 heterocycles. The van der Waals surface area contributed by atoms with E-state index >= 15 is 0 Å². The monoisotopic (exact) mass is 294 g/mol. The lowest BCUT2D eigenvalue weighted by atomic mass is 10.2. The van der Waals surface area contributed by atoms with Crippen molar-refractivity contribution < 1.29 is 14.6 Å². The number of benzene rings is 1. The molecule has 0 bridgehead atoms. The molecule has 1 rings (SSSR count). The third kappa shape index (κ3) is 9.65.